The Balaban J connectivity index is 1.04. The van der Waals surface area contributed by atoms with Crippen molar-refractivity contribution in [1.82, 2.24) is 9.13 Å². The number of phenols is 2. The van der Waals surface area contributed by atoms with Crippen molar-refractivity contribution in [2.24, 2.45) is 0 Å². The summed E-state index contributed by atoms with van der Waals surface area (Å²) in [6.07, 6.45) is 6.19. The Bertz CT molecular complexity index is 3290. The molecule has 0 radical (unpaired) electrons. The monoisotopic (exact) mass is 987 g/mol. The number of aryl methyl sites for hydroxylation is 4. The van der Waals surface area contributed by atoms with Gasteiger partial charge < -0.3 is 28.8 Å². The lowest BCUT2D eigenvalue weighted by atomic mass is 9.96. The van der Waals surface area contributed by atoms with Crippen LogP contribution in [0.1, 0.15) is 89.5 Å². The van der Waals surface area contributed by atoms with Gasteiger partial charge in [0.25, 0.3) is 0 Å². The van der Waals surface area contributed by atoms with E-state index in [4.69, 9.17) is 9.47 Å². The van der Waals surface area contributed by atoms with Crippen molar-refractivity contribution in [2.75, 3.05) is 11.9 Å². The first kappa shape index (κ1) is 49.5. The summed E-state index contributed by atoms with van der Waals surface area (Å²) in [5.41, 5.74) is 13.5. The van der Waals surface area contributed by atoms with Crippen molar-refractivity contribution in [2.45, 2.75) is 104 Å². The summed E-state index contributed by atoms with van der Waals surface area (Å²) in [5, 5.41) is 30.4. The highest BCUT2D eigenvalue weighted by molar-refractivity contribution is 8.34. The van der Waals surface area contributed by atoms with E-state index in [0.717, 1.165) is 138 Å². The van der Waals surface area contributed by atoms with Gasteiger partial charge in [-0.2, -0.15) is 10.0 Å². The number of para-hydroxylation sites is 4. The Morgan fingerprint density at radius 2 is 0.781 bits per heavy atom. The highest BCUT2D eigenvalue weighted by Gasteiger charge is 2.35. The van der Waals surface area contributed by atoms with Crippen molar-refractivity contribution in [1.29, 1.82) is 0 Å². The SMILES string of the molecule is CCCCc1ccc(OCS(COc2ccc(CCCC)cc2-c2cc(C)cc(-n3c4ccccc4c4ccccc43)c2O)(C(C)C)C(C)C)c(-c2cc(C)cc(-n3c4ccccc4c4ccccc43)c2O)c1. The Kier molecular flexibility index (Phi) is 14.1. The fraction of sp³-hybridized carbons (Fsp3) is 0.273. The molecular formula is C66H70N2O4S. The topological polar surface area (TPSA) is 68.8 Å². The summed E-state index contributed by atoms with van der Waals surface area (Å²) < 4.78 is 18.9. The zero-order valence-corrected chi connectivity index (χ0v) is 44.7. The minimum Gasteiger partial charge on any atom is -0.505 e. The predicted octanol–water partition coefficient (Wildman–Crippen LogP) is 17.9. The number of fused-ring (bicyclic) bond motifs is 6. The molecule has 2 heterocycles. The first-order chi connectivity index (χ1) is 35.4. The molecule has 0 spiro atoms. The summed E-state index contributed by atoms with van der Waals surface area (Å²) in [5.74, 6) is 2.87. The van der Waals surface area contributed by atoms with Crippen LogP contribution in [0.5, 0.6) is 23.0 Å². The standard InChI is InChI=1S/C66H70N2O4S/c1-9-11-21-47-31-33-63(53(39-47)55-35-45(7)37-61(65(55)69)67-57-27-17-13-23-49(57)50-24-14-18-28-58(50)67)71-41-73(43(3)4,44(5)6)42-72-64-34-32-48(22-12-10-2)40-54(64)56-36-46(8)38-62(66(56)70)68-59-29-19-15-25-51(59)52-26-16-20-30-60(52)68/h13-20,23-40,43-44,69-70H,9-12,21-22,41-42H2,1-8H3. The zero-order chi connectivity index (χ0) is 51.0. The molecule has 0 bridgehead atoms. The molecule has 0 fully saturated rings. The molecule has 0 saturated carbocycles. The molecule has 10 aromatic rings. The van der Waals surface area contributed by atoms with Crippen LogP contribution in [0.25, 0.3) is 77.2 Å². The highest BCUT2D eigenvalue weighted by Crippen LogP contribution is 2.58. The van der Waals surface area contributed by atoms with Gasteiger partial charge in [-0.15, -0.1) is 0 Å². The minimum absolute atomic E-state index is 0.222. The number of hydrogen-bond donors (Lipinski definition) is 2. The quantitative estimate of drug-likeness (QED) is 0.0899. The molecule has 0 aliphatic rings. The molecule has 374 valence electrons. The van der Waals surface area contributed by atoms with Crippen molar-refractivity contribution in [3.05, 3.63) is 180 Å². The summed E-state index contributed by atoms with van der Waals surface area (Å²) in [6, 6.07) is 55.3. The van der Waals surface area contributed by atoms with Gasteiger partial charge in [-0.3, -0.25) is 0 Å². The second-order valence-corrected chi connectivity index (χ2v) is 25.0. The number of nitrogens with zero attached hydrogens (tertiary/aromatic N) is 2. The van der Waals surface area contributed by atoms with Gasteiger partial charge in [-0.05, 0) is 145 Å². The van der Waals surface area contributed by atoms with Crippen LogP contribution in [-0.2, 0) is 12.8 Å². The summed E-state index contributed by atoms with van der Waals surface area (Å²) >= 11 is 0. The van der Waals surface area contributed by atoms with Crippen molar-refractivity contribution in [3.63, 3.8) is 0 Å². The molecule has 0 unspecified atom stereocenters. The second-order valence-electron chi connectivity index (χ2n) is 20.6. The van der Waals surface area contributed by atoms with Crippen LogP contribution in [0, 0.1) is 13.8 Å². The van der Waals surface area contributed by atoms with Gasteiger partial charge in [0.15, 0.2) is 0 Å². The lowest BCUT2D eigenvalue weighted by Gasteiger charge is -2.46. The van der Waals surface area contributed by atoms with Gasteiger partial charge >= 0.3 is 0 Å². The molecule has 0 aliphatic heterocycles. The number of phenolic OH excluding ortho intramolecular Hbond substituents is 2. The second kappa shape index (κ2) is 20.8. The lowest BCUT2D eigenvalue weighted by Crippen LogP contribution is -2.31. The van der Waals surface area contributed by atoms with Crippen LogP contribution in [0.15, 0.2) is 158 Å². The van der Waals surface area contributed by atoms with E-state index < -0.39 is 10.0 Å². The van der Waals surface area contributed by atoms with Crippen molar-refractivity contribution < 1.29 is 19.7 Å². The predicted molar refractivity (Wildman–Crippen MR) is 311 cm³/mol. The Morgan fingerprint density at radius 1 is 0.438 bits per heavy atom. The molecule has 7 heteroatoms. The molecule has 6 nitrogen and oxygen atoms in total. The van der Waals surface area contributed by atoms with Crippen molar-refractivity contribution >= 4 is 53.6 Å². The smallest absolute Gasteiger partial charge is 0.147 e. The van der Waals surface area contributed by atoms with E-state index in [-0.39, 0.29) is 22.0 Å². The molecule has 10 rings (SSSR count). The van der Waals surface area contributed by atoms with Crippen LogP contribution in [0.3, 0.4) is 0 Å². The Hall–Kier alpha value is -7.09. The number of hydrogen-bond acceptors (Lipinski definition) is 4. The maximum Gasteiger partial charge on any atom is 0.147 e. The molecule has 0 atom stereocenters. The summed E-state index contributed by atoms with van der Waals surface area (Å²) in [6.45, 7) is 17.9. The number of rotatable bonds is 18. The molecule has 8 aromatic carbocycles. The molecule has 73 heavy (non-hydrogen) atoms. The molecule has 0 aliphatic carbocycles. The molecular weight excluding hydrogens is 917 g/mol. The van der Waals surface area contributed by atoms with Gasteiger partial charge in [-0.25, -0.2) is 0 Å². The van der Waals surface area contributed by atoms with E-state index in [1.165, 1.54) is 11.1 Å². The van der Waals surface area contributed by atoms with Crippen LogP contribution in [0.4, 0.5) is 0 Å². The third-order valence-electron chi connectivity index (χ3n) is 15.2. The number of benzene rings is 8. The Labute approximate surface area is 433 Å². The van der Waals surface area contributed by atoms with Gasteiger partial charge in [0, 0.05) is 43.8 Å². The number of aromatic nitrogens is 2. The van der Waals surface area contributed by atoms with Crippen LogP contribution < -0.4 is 9.47 Å². The largest absolute Gasteiger partial charge is 0.505 e. The van der Waals surface area contributed by atoms with Gasteiger partial charge in [0.1, 0.15) is 34.9 Å². The van der Waals surface area contributed by atoms with E-state index in [1.54, 1.807) is 0 Å². The number of aromatic hydroxyl groups is 2. The van der Waals surface area contributed by atoms with Crippen LogP contribution in [0.2, 0.25) is 0 Å². The van der Waals surface area contributed by atoms with Crippen molar-refractivity contribution in [3.8, 4) is 56.6 Å². The number of unbranched alkanes of at least 4 members (excludes halogenated alkanes) is 2. The van der Waals surface area contributed by atoms with Crippen LogP contribution >= 0.6 is 10.0 Å². The third kappa shape index (κ3) is 9.22. The maximum absolute atomic E-state index is 12.6. The maximum atomic E-state index is 12.6. The van der Waals surface area contributed by atoms with Gasteiger partial charge in [-0.1, -0.05) is 139 Å². The fourth-order valence-corrected chi connectivity index (χ4v) is 13.9. The first-order valence-corrected chi connectivity index (χ1v) is 28.4. The van der Waals surface area contributed by atoms with E-state index >= 15 is 0 Å². The average Bonchev–Trinajstić information content (AvgIpc) is 3.91. The highest BCUT2D eigenvalue weighted by atomic mass is 32.3. The van der Waals surface area contributed by atoms with E-state index in [2.05, 4.69) is 222 Å². The van der Waals surface area contributed by atoms with Gasteiger partial charge in [0.05, 0.1) is 33.4 Å². The molecule has 0 saturated heterocycles. The molecule has 0 amide bonds. The van der Waals surface area contributed by atoms with Gasteiger partial charge in [0.2, 0.25) is 0 Å². The van der Waals surface area contributed by atoms with E-state index in [1.807, 2.05) is 0 Å². The zero-order valence-electron chi connectivity index (χ0n) is 43.8. The van der Waals surface area contributed by atoms with E-state index in [0.29, 0.717) is 11.9 Å². The van der Waals surface area contributed by atoms with Crippen LogP contribution in [-0.4, -0.2) is 41.7 Å². The molecule has 2 aromatic heterocycles. The fourth-order valence-electron chi connectivity index (χ4n) is 11.0. The lowest BCUT2D eigenvalue weighted by molar-refractivity contribution is 0.363. The number of ether oxygens (including phenoxy) is 2. The summed E-state index contributed by atoms with van der Waals surface area (Å²) in [4.78, 5) is 0. The average molecular weight is 987 g/mol. The molecule has 2 N–H and O–H groups in total. The first-order valence-electron chi connectivity index (χ1n) is 26.3. The third-order valence-corrected chi connectivity index (χ3v) is 20.0. The summed E-state index contributed by atoms with van der Waals surface area (Å²) in [7, 11) is -1.67. The van der Waals surface area contributed by atoms with E-state index in [9.17, 15) is 10.2 Å². The normalized spacial score (nSPS) is 12.3. The Morgan fingerprint density at radius 3 is 1.11 bits per heavy atom. The minimum atomic E-state index is -1.67.